The number of hydrogen-bond donors (Lipinski definition) is 1. The summed E-state index contributed by atoms with van der Waals surface area (Å²) >= 11 is 0. The third-order valence-corrected chi connectivity index (χ3v) is 2.02. The van der Waals surface area contributed by atoms with Crippen molar-refractivity contribution in [3.05, 3.63) is 24.2 Å². The van der Waals surface area contributed by atoms with Gasteiger partial charge in [0.25, 0.3) is 0 Å². The maximum atomic E-state index is 5.40. The second-order valence-electron chi connectivity index (χ2n) is 3.17. The van der Waals surface area contributed by atoms with Gasteiger partial charge in [0.1, 0.15) is 5.76 Å². The molecule has 0 aromatic carbocycles. The van der Waals surface area contributed by atoms with E-state index in [1.54, 1.807) is 6.26 Å². The first-order valence-electron chi connectivity index (χ1n) is 4.23. The number of morpholine rings is 1. The molecule has 1 N–H and O–H groups in total. The molecule has 1 saturated heterocycles. The predicted octanol–water partition coefficient (Wildman–Crippen LogP) is 1.33. The molecule has 0 saturated carbocycles. The summed E-state index contributed by atoms with van der Waals surface area (Å²) in [4.78, 5) is 0. The first-order chi connectivity index (χ1) is 5.86. The highest BCUT2D eigenvalue weighted by atomic mass is 16.5. The van der Waals surface area contributed by atoms with Crippen molar-refractivity contribution in [2.24, 2.45) is 0 Å². The van der Waals surface area contributed by atoms with Crippen molar-refractivity contribution in [2.45, 2.75) is 19.0 Å². The summed E-state index contributed by atoms with van der Waals surface area (Å²) in [5, 5.41) is 3.40. The molecule has 1 fully saturated rings. The third kappa shape index (κ3) is 1.52. The van der Waals surface area contributed by atoms with Crippen LogP contribution in [0.1, 0.15) is 18.7 Å². The molecule has 1 aliphatic heterocycles. The lowest BCUT2D eigenvalue weighted by molar-refractivity contribution is 0.0440. The van der Waals surface area contributed by atoms with Crippen molar-refractivity contribution in [2.75, 3.05) is 13.2 Å². The smallest absolute Gasteiger partial charge is 0.123 e. The van der Waals surface area contributed by atoms with Gasteiger partial charge in [-0.3, -0.25) is 0 Å². The Labute approximate surface area is 71.7 Å². The van der Waals surface area contributed by atoms with Gasteiger partial charge in [0.2, 0.25) is 0 Å². The van der Waals surface area contributed by atoms with Crippen molar-refractivity contribution < 1.29 is 9.15 Å². The van der Waals surface area contributed by atoms with E-state index in [0.29, 0.717) is 12.6 Å². The van der Waals surface area contributed by atoms with Gasteiger partial charge in [0.15, 0.2) is 0 Å². The highest BCUT2D eigenvalue weighted by Crippen LogP contribution is 2.17. The number of ether oxygens (including phenoxy) is 1. The molecule has 66 valence electrons. The van der Waals surface area contributed by atoms with E-state index in [1.165, 1.54) is 0 Å². The number of rotatable bonds is 1. The van der Waals surface area contributed by atoms with E-state index in [4.69, 9.17) is 9.15 Å². The summed E-state index contributed by atoms with van der Waals surface area (Å²) < 4.78 is 10.7. The van der Waals surface area contributed by atoms with Gasteiger partial charge in [-0.15, -0.1) is 0 Å². The normalized spacial score (nSPS) is 30.4. The van der Waals surface area contributed by atoms with Crippen LogP contribution in [0, 0.1) is 0 Å². The van der Waals surface area contributed by atoms with Crippen LogP contribution >= 0.6 is 0 Å². The Bertz CT molecular complexity index is 233. The zero-order valence-corrected chi connectivity index (χ0v) is 7.12. The average Bonchev–Trinajstić information content (AvgIpc) is 2.56. The van der Waals surface area contributed by atoms with E-state index < -0.39 is 0 Å². The van der Waals surface area contributed by atoms with Crippen molar-refractivity contribution in [3.8, 4) is 0 Å². The van der Waals surface area contributed by atoms with E-state index >= 15 is 0 Å². The Kier molecular flexibility index (Phi) is 2.15. The third-order valence-electron chi connectivity index (χ3n) is 2.02. The van der Waals surface area contributed by atoms with Gasteiger partial charge in [-0.05, 0) is 19.1 Å². The van der Waals surface area contributed by atoms with E-state index in [9.17, 15) is 0 Å². The Balaban J connectivity index is 2.04. The van der Waals surface area contributed by atoms with Crippen LogP contribution in [0.2, 0.25) is 0 Å². The summed E-state index contributed by atoms with van der Waals surface area (Å²) in [6.07, 6.45) is 1.69. The van der Waals surface area contributed by atoms with Crippen LogP contribution in [0.15, 0.2) is 22.8 Å². The van der Waals surface area contributed by atoms with Gasteiger partial charge < -0.3 is 14.5 Å². The second-order valence-corrected chi connectivity index (χ2v) is 3.17. The van der Waals surface area contributed by atoms with Gasteiger partial charge in [0, 0.05) is 6.04 Å². The summed E-state index contributed by atoms with van der Waals surface area (Å²) in [6, 6.07) is 4.51. The summed E-state index contributed by atoms with van der Waals surface area (Å²) in [6.45, 7) is 3.60. The van der Waals surface area contributed by atoms with E-state index in [1.807, 2.05) is 12.1 Å². The summed E-state index contributed by atoms with van der Waals surface area (Å²) in [5.41, 5.74) is 0. The molecule has 1 aromatic heterocycles. The van der Waals surface area contributed by atoms with E-state index in [2.05, 4.69) is 12.2 Å². The van der Waals surface area contributed by atoms with Gasteiger partial charge in [-0.1, -0.05) is 0 Å². The van der Waals surface area contributed by atoms with Crippen LogP contribution < -0.4 is 5.32 Å². The van der Waals surface area contributed by atoms with E-state index in [-0.39, 0.29) is 6.04 Å². The molecule has 2 unspecified atom stereocenters. The van der Waals surface area contributed by atoms with Crippen LogP contribution in [0.3, 0.4) is 0 Å². The first kappa shape index (κ1) is 7.83. The molecule has 0 bridgehead atoms. The largest absolute Gasteiger partial charge is 0.468 e. The lowest BCUT2D eigenvalue weighted by Crippen LogP contribution is -2.41. The molecule has 1 aromatic rings. The molecule has 2 rings (SSSR count). The van der Waals surface area contributed by atoms with Crippen molar-refractivity contribution in [1.82, 2.24) is 5.32 Å². The molecular weight excluding hydrogens is 154 g/mol. The fourth-order valence-electron chi connectivity index (χ4n) is 1.46. The monoisotopic (exact) mass is 167 g/mol. The minimum atomic E-state index is 0.226. The molecule has 3 nitrogen and oxygen atoms in total. The van der Waals surface area contributed by atoms with E-state index in [0.717, 1.165) is 12.4 Å². The highest BCUT2D eigenvalue weighted by molar-refractivity contribution is 5.05. The fourth-order valence-corrected chi connectivity index (χ4v) is 1.46. The fraction of sp³-hybridized carbons (Fsp3) is 0.556. The molecule has 3 heteroatoms. The number of hydrogen-bond acceptors (Lipinski definition) is 3. The Morgan fingerprint density at radius 2 is 2.42 bits per heavy atom. The minimum Gasteiger partial charge on any atom is -0.468 e. The molecule has 2 atom stereocenters. The zero-order valence-electron chi connectivity index (χ0n) is 7.12. The summed E-state index contributed by atoms with van der Waals surface area (Å²) in [5.74, 6) is 0.960. The highest BCUT2D eigenvalue weighted by Gasteiger charge is 2.21. The quantitative estimate of drug-likeness (QED) is 0.685. The van der Waals surface area contributed by atoms with Gasteiger partial charge >= 0.3 is 0 Å². The molecular formula is C9H13NO2. The van der Waals surface area contributed by atoms with Gasteiger partial charge in [0.05, 0.1) is 25.5 Å². The van der Waals surface area contributed by atoms with Gasteiger partial charge in [-0.2, -0.15) is 0 Å². The molecule has 1 aliphatic rings. The SMILES string of the molecule is CC1COCC(c2ccco2)N1. The van der Waals surface area contributed by atoms with Crippen LogP contribution in [0.4, 0.5) is 0 Å². The molecule has 0 radical (unpaired) electrons. The topological polar surface area (TPSA) is 34.4 Å². The second kappa shape index (κ2) is 3.29. The van der Waals surface area contributed by atoms with Crippen molar-refractivity contribution in [1.29, 1.82) is 0 Å². The maximum Gasteiger partial charge on any atom is 0.123 e. The molecule has 0 amide bonds. The lowest BCUT2D eigenvalue weighted by Gasteiger charge is -2.27. The average molecular weight is 167 g/mol. The maximum absolute atomic E-state index is 5.40. The van der Waals surface area contributed by atoms with Gasteiger partial charge in [-0.25, -0.2) is 0 Å². The Hall–Kier alpha value is -0.800. The first-order valence-corrected chi connectivity index (χ1v) is 4.23. The van der Waals surface area contributed by atoms with Crippen LogP contribution in [-0.2, 0) is 4.74 Å². The lowest BCUT2D eigenvalue weighted by atomic mass is 10.2. The van der Waals surface area contributed by atoms with Crippen molar-refractivity contribution in [3.63, 3.8) is 0 Å². The number of nitrogens with one attached hydrogen (secondary N) is 1. The van der Waals surface area contributed by atoms with Crippen molar-refractivity contribution >= 4 is 0 Å². The molecule has 2 heterocycles. The standard InChI is InChI=1S/C9H13NO2/c1-7-5-11-6-8(10-7)9-3-2-4-12-9/h2-4,7-8,10H,5-6H2,1H3. The van der Waals surface area contributed by atoms with Crippen LogP contribution in [0.25, 0.3) is 0 Å². The molecule has 12 heavy (non-hydrogen) atoms. The zero-order chi connectivity index (χ0) is 8.39. The Morgan fingerprint density at radius 1 is 1.50 bits per heavy atom. The summed E-state index contributed by atoms with van der Waals surface area (Å²) in [7, 11) is 0. The molecule has 0 spiro atoms. The molecule has 0 aliphatic carbocycles. The van der Waals surface area contributed by atoms with Crippen LogP contribution in [0.5, 0.6) is 0 Å². The number of furan rings is 1. The predicted molar refractivity (Wildman–Crippen MR) is 44.9 cm³/mol. The van der Waals surface area contributed by atoms with Crippen LogP contribution in [-0.4, -0.2) is 19.3 Å². The minimum absolute atomic E-state index is 0.226. The Morgan fingerprint density at radius 3 is 3.08 bits per heavy atom.